The number of fused-ring (bicyclic) bond motifs is 2. The Balaban J connectivity index is 1.48. The molecule has 2 fully saturated rings. The number of nitrogens with zero attached hydrogens (tertiary/aromatic N) is 4. The van der Waals surface area contributed by atoms with Crippen molar-refractivity contribution in [3.8, 4) is 0 Å². The van der Waals surface area contributed by atoms with E-state index in [1.807, 2.05) is 0 Å². The lowest BCUT2D eigenvalue weighted by Crippen LogP contribution is -2.43. The van der Waals surface area contributed by atoms with E-state index in [4.69, 9.17) is 4.63 Å². The molecule has 154 valence electrons. The molecule has 3 N–H and O–H groups in total. The lowest BCUT2D eigenvalue weighted by atomic mass is 9.95. The van der Waals surface area contributed by atoms with Gasteiger partial charge in [-0.15, -0.1) is 0 Å². The smallest absolute Gasteiger partial charge is 0.211 e. The molecular formula is C16H20BFN6O4S. The standard InChI is InChI=1S/C16H20BFN6O4S/c1-29(26,27)24-7-8-4-10(24)6-13(8)20-16-14(22-28-23-16)15(21-25)19-9-2-3-12(18)11(17)5-9/h2-3,5,8,10,13,25H,4,6-7,17H2,1H3,(H,19,21)(H,20,23). The van der Waals surface area contributed by atoms with Gasteiger partial charge in [-0.2, -0.15) is 4.31 Å². The molecule has 3 unspecified atom stereocenters. The highest BCUT2D eigenvalue weighted by Crippen LogP contribution is 2.40. The van der Waals surface area contributed by atoms with Crippen molar-refractivity contribution in [3.63, 3.8) is 0 Å². The third-order valence-corrected chi connectivity index (χ3v) is 6.77. The number of oxime groups is 1. The summed E-state index contributed by atoms with van der Waals surface area (Å²) in [5.74, 6) is 0.0673. The van der Waals surface area contributed by atoms with Crippen LogP contribution in [0.25, 0.3) is 0 Å². The second-order valence-electron chi connectivity index (χ2n) is 7.47. The molecule has 1 saturated heterocycles. The molecule has 2 heterocycles. The average Bonchev–Trinajstić information content (AvgIpc) is 3.38. The quantitative estimate of drug-likeness (QED) is 0.194. The van der Waals surface area contributed by atoms with Crippen LogP contribution in [-0.2, 0) is 10.0 Å². The van der Waals surface area contributed by atoms with Crippen LogP contribution in [0.3, 0.4) is 0 Å². The Kier molecular flexibility index (Phi) is 4.94. The van der Waals surface area contributed by atoms with Crippen LogP contribution in [0, 0.1) is 11.7 Å². The van der Waals surface area contributed by atoms with E-state index in [0.717, 1.165) is 6.42 Å². The molecule has 1 aliphatic carbocycles. The Labute approximate surface area is 167 Å². The molecule has 29 heavy (non-hydrogen) atoms. The number of amidine groups is 1. The van der Waals surface area contributed by atoms with Gasteiger partial charge in [0.05, 0.1) is 6.26 Å². The number of sulfonamides is 1. The van der Waals surface area contributed by atoms with Crippen molar-refractivity contribution in [2.24, 2.45) is 11.1 Å². The number of rotatable bonds is 5. The largest absolute Gasteiger partial charge is 0.409 e. The van der Waals surface area contributed by atoms with Gasteiger partial charge in [0.2, 0.25) is 21.7 Å². The molecule has 1 aromatic heterocycles. The van der Waals surface area contributed by atoms with Crippen LogP contribution in [0.4, 0.5) is 15.9 Å². The van der Waals surface area contributed by atoms with Gasteiger partial charge in [0.25, 0.3) is 0 Å². The van der Waals surface area contributed by atoms with Crippen molar-refractivity contribution < 1.29 is 22.6 Å². The molecule has 10 nitrogen and oxygen atoms in total. The van der Waals surface area contributed by atoms with Gasteiger partial charge in [-0.05, 0) is 47.3 Å². The maximum atomic E-state index is 13.5. The van der Waals surface area contributed by atoms with Crippen molar-refractivity contribution in [2.45, 2.75) is 24.9 Å². The highest BCUT2D eigenvalue weighted by atomic mass is 32.2. The van der Waals surface area contributed by atoms with Crippen molar-refractivity contribution in [2.75, 3.05) is 23.4 Å². The van der Waals surface area contributed by atoms with Gasteiger partial charge in [-0.25, -0.2) is 17.4 Å². The summed E-state index contributed by atoms with van der Waals surface area (Å²) in [5.41, 5.74) is 1.10. The van der Waals surface area contributed by atoms with Crippen LogP contribution >= 0.6 is 0 Å². The third-order valence-electron chi connectivity index (χ3n) is 5.47. The van der Waals surface area contributed by atoms with Crippen LogP contribution in [0.15, 0.2) is 28.0 Å². The van der Waals surface area contributed by atoms with Crippen LogP contribution in [-0.4, -0.2) is 66.8 Å². The van der Waals surface area contributed by atoms with Gasteiger partial charge < -0.3 is 15.8 Å². The van der Waals surface area contributed by atoms with Gasteiger partial charge in [0, 0.05) is 24.3 Å². The van der Waals surface area contributed by atoms with Crippen LogP contribution < -0.4 is 16.1 Å². The fourth-order valence-corrected chi connectivity index (χ4v) is 5.28. The van der Waals surface area contributed by atoms with Crippen molar-refractivity contribution in [3.05, 3.63) is 29.7 Å². The van der Waals surface area contributed by atoms with Crippen LogP contribution in [0.2, 0.25) is 0 Å². The Morgan fingerprint density at radius 2 is 2.21 bits per heavy atom. The summed E-state index contributed by atoms with van der Waals surface area (Å²) in [4.78, 5) is 0. The summed E-state index contributed by atoms with van der Waals surface area (Å²) in [6.07, 6.45) is 2.64. The lowest BCUT2D eigenvalue weighted by Gasteiger charge is -2.30. The molecule has 0 spiro atoms. The Morgan fingerprint density at radius 3 is 2.83 bits per heavy atom. The summed E-state index contributed by atoms with van der Waals surface area (Å²) < 4.78 is 43.5. The molecule has 1 saturated carbocycles. The molecule has 2 aliphatic rings. The predicted molar refractivity (Wildman–Crippen MR) is 106 cm³/mol. The normalized spacial score (nSPS) is 24.8. The highest BCUT2D eigenvalue weighted by molar-refractivity contribution is 7.88. The zero-order chi connectivity index (χ0) is 20.8. The minimum Gasteiger partial charge on any atom is -0.409 e. The number of benzene rings is 1. The zero-order valence-electron chi connectivity index (χ0n) is 15.8. The van der Waals surface area contributed by atoms with Gasteiger partial charge >= 0.3 is 0 Å². The van der Waals surface area contributed by atoms with E-state index in [2.05, 4.69) is 26.1 Å². The molecule has 0 amide bonds. The third kappa shape index (κ3) is 3.79. The summed E-state index contributed by atoms with van der Waals surface area (Å²) in [5, 5.41) is 26.4. The topological polar surface area (TPSA) is 133 Å². The lowest BCUT2D eigenvalue weighted by molar-refractivity contribution is 0.302. The molecule has 2 bridgehead atoms. The van der Waals surface area contributed by atoms with Gasteiger partial charge in [0.15, 0.2) is 5.69 Å². The number of nitrogens with one attached hydrogen (secondary N) is 2. The molecule has 4 rings (SSSR count). The Bertz CT molecular complexity index is 1060. The van der Waals surface area contributed by atoms with Crippen molar-refractivity contribution in [1.29, 1.82) is 0 Å². The van der Waals surface area contributed by atoms with E-state index in [0.29, 0.717) is 24.1 Å². The first-order valence-corrected chi connectivity index (χ1v) is 10.9. The maximum Gasteiger partial charge on any atom is 0.211 e. The fourth-order valence-electron chi connectivity index (χ4n) is 4.10. The molecule has 0 radical (unpaired) electrons. The van der Waals surface area contributed by atoms with Crippen LogP contribution in [0.5, 0.6) is 0 Å². The number of halogens is 1. The SMILES string of the molecule is Bc1cc(N/C(=N\O)c2nonc2NC2CC3CC2CN3S(C)(=O)=O)ccc1F. The first kappa shape index (κ1) is 19.6. The average molecular weight is 422 g/mol. The van der Waals surface area contributed by atoms with Crippen molar-refractivity contribution in [1.82, 2.24) is 14.6 Å². The molecule has 13 heteroatoms. The maximum absolute atomic E-state index is 13.5. The minimum absolute atomic E-state index is 0.00309. The molecular weight excluding hydrogens is 402 g/mol. The second-order valence-corrected chi connectivity index (χ2v) is 9.40. The summed E-state index contributed by atoms with van der Waals surface area (Å²) >= 11 is 0. The van der Waals surface area contributed by atoms with E-state index in [-0.39, 0.29) is 41.2 Å². The summed E-state index contributed by atoms with van der Waals surface area (Å²) in [7, 11) is -1.59. The molecule has 1 aromatic carbocycles. The van der Waals surface area contributed by atoms with E-state index < -0.39 is 10.0 Å². The fraction of sp³-hybridized carbons (Fsp3) is 0.438. The predicted octanol–water partition coefficient (Wildman–Crippen LogP) is -0.451. The Hall–Kier alpha value is -2.67. The highest BCUT2D eigenvalue weighted by Gasteiger charge is 2.48. The van der Waals surface area contributed by atoms with E-state index in [1.54, 1.807) is 13.9 Å². The molecule has 2 aromatic rings. The molecule has 1 aliphatic heterocycles. The van der Waals surface area contributed by atoms with E-state index in [9.17, 15) is 18.0 Å². The van der Waals surface area contributed by atoms with Gasteiger partial charge in [0.1, 0.15) is 13.7 Å². The number of aromatic nitrogens is 2. The number of hydrogen-bond donors (Lipinski definition) is 3. The molecule has 3 atom stereocenters. The first-order valence-electron chi connectivity index (χ1n) is 9.07. The zero-order valence-corrected chi connectivity index (χ0v) is 16.6. The summed E-state index contributed by atoms with van der Waals surface area (Å²) in [6.45, 7) is 0.454. The van der Waals surface area contributed by atoms with Crippen molar-refractivity contribution >= 4 is 40.7 Å². The van der Waals surface area contributed by atoms with E-state index in [1.165, 1.54) is 22.7 Å². The first-order chi connectivity index (χ1) is 13.8. The van der Waals surface area contributed by atoms with Gasteiger partial charge in [-0.3, -0.25) is 0 Å². The number of piperidine rings is 1. The van der Waals surface area contributed by atoms with E-state index >= 15 is 0 Å². The Morgan fingerprint density at radius 1 is 1.41 bits per heavy atom. The van der Waals surface area contributed by atoms with Gasteiger partial charge in [-0.1, -0.05) is 10.6 Å². The monoisotopic (exact) mass is 422 g/mol. The second kappa shape index (κ2) is 7.30. The number of hydrogen-bond acceptors (Lipinski definition) is 8. The van der Waals surface area contributed by atoms with Crippen LogP contribution in [0.1, 0.15) is 18.5 Å². The minimum atomic E-state index is -3.22. The summed E-state index contributed by atoms with van der Waals surface area (Å²) in [6, 6.07) is 4.33. The number of anilines is 2.